The van der Waals surface area contributed by atoms with E-state index in [1.165, 1.54) is 17.0 Å². The van der Waals surface area contributed by atoms with Gasteiger partial charge < -0.3 is 29.5 Å². The number of benzene rings is 2. The second kappa shape index (κ2) is 12.4. The zero-order valence-corrected chi connectivity index (χ0v) is 22.0. The number of nitro groups is 1. The smallest absolute Gasteiger partial charge is 0.311 e. The number of hydrogen-bond acceptors (Lipinski definition) is 9. The van der Waals surface area contributed by atoms with Crippen LogP contribution in [0.15, 0.2) is 42.0 Å². The highest BCUT2D eigenvalue weighted by atomic mass is 16.6. The summed E-state index contributed by atoms with van der Waals surface area (Å²) in [6.45, 7) is 10.2. The maximum Gasteiger partial charge on any atom is 0.311 e. The van der Waals surface area contributed by atoms with Crippen LogP contribution >= 0.6 is 0 Å². The predicted molar refractivity (Wildman–Crippen MR) is 140 cm³/mol. The number of phenols is 1. The number of carbonyl (C=O) groups is 2. The van der Waals surface area contributed by atoms with Crippen molar-refractivity contribution >= 4 is 23.1 Å². The lowest BCUT2D eigenvalue weighted by Crippen LogP contribution is -2.38. The first-order chi connectivity index (χ1) is 18.2. The van der Waals surface area contributed by atoms with Crippen molar-refractivity contribution in [3.63, 3.8) is 0 Å². The van der Waals surface area contributed by atoms with Crippen LogP contribution in [-0.4, -0.2) is 76.0 Å². The number of likely N-dealkylation sites (tertiary alicyclic amines) is 1. The average molecular weight is 528 g/mol. The van der Waals surface area contributed by atoms with E-state index in [1.54, 1.807) is 19.1 Å². The van der Waals surface area contributed by atoms with Crippen molar-refractivity contribution in [1.82, 2.24) is 9.80 Å². The van der Waals surface area contributed by atoms with Gasteiger partial charge in [-0.1, -0.05) is 19.9 Å². The molecule has 1 atom stereocenters. The zero-order chi connectivity index (χ0) is 28.0. The summed E-state index contributed by atoms with van der Waals surface area (Å²) in [5.74, 6) is -2.02. The molecule has 1 saturated heterocycles. The summed E-state index contributed by atoms with van der Waals surface area (Å²) in [6, 6.07) is 7.26. The van der Waals surface area contributed by atoms with Crippen molar-refractivity contribution in [2.45, 2.75) is 33.7 Å². The molecule has 11 heteroatoms. The molecular formula is C27H33N3O8. The van der Waals surface area contributed by atoms with Crippen molar-refractivity contribution in [1.29, 1.82) is 0 Å². The van der Waals surface area contributed by atoms with Gasteiger partial charge in [0.1, 0.15) is 17.3 Å². The standard InChI is InChI=1S/C27H33N3O8/c1-5-28(6-2)13-14-29-24(17-9-12-21(31)20(15-17)30(35)36)23(26(33)27(29)34)25(32)19-11-10-18(37-7-3)16-22(19)38-8-4/h9-12,15-16,24,31-32H,5-8,13-14H2,1-4H3/b25-23-. The van der Waals surface area contributed by atoms with E-state index in [0.717, 1.165) is 25.2 Å². The minimum absolute atomic E-state index is 0.143. The summed E-state index contributed by atoms with van der Waals surface area (Å²) in [5, 5.41) is 33.0. The molecule has 1 aliphatic rings. The van der Waals surface area contributed by atoms with Crippen LogP contribution in [-0.2, 0) is 9.59 Å². The predicted octanol–water partition coefficient (Wildman–Crippen LogP) is 3.86. The molecule has 11 nitrogen and oxygen atoms in total. The SMILES string of the molecule is CCOc1ccc(/C(O)=C2/C(=O)C(=O)N(CCN(CC)CC)C2c2ccc(O)c([N+](=O)[O-])c2)c(OCC)c1. The van der Waals surface area contributed by atoms with Crippen molar-refractivity contribution in [3.8, 4) is 17.2 Å². The molecule has 1 aliphatic heterocycles. The van der Waals surface area contributed by atoms with E-state index < -0.39 is 39.9 Å². The van der Waals surface area contributed by atoms with E-state index in [2.05, 4.69) is 4.90 Å². The van der Waals surface area contributed by atoms with Crippen LogP contribution in [0.1, 0.15) is 44.9 Å². The number of Topliss-reactive ketones (excluding diaryl/α,β-unsaturated/α-hetero) is 1. The molecule has 3 rings (SSSR count). The summed E-state index contributed by atoms with van der Waals surface area (Å²) in [6.07, 6.45) is 0. The first-order valence-electron chi connectivity index (χ1n) is 12.6. The molecule has 0 aromatic heterocycles. The Labute approximate surface area is 221 Å². The Hall–Kier alpha value is -4.12. The number of carbonyl (C=O) groups excluding carboxylic acids is 2. The number of nitro benzene ring substituents is 1. The van der Waals surface area contributed by atoms with Crippen LogP contribution in [0.5, 0.6) is 17.2 Å². The Kier molecular flexibility index (Phi) is 9.30. The lowest BCUT2D eigenvalue weighted by molar-refractivity contribution is -0.385. The third-order valence-electron chi connectivity index (χ3n) is 6.42. The Bertz CT molecular complexity index is 1240. The first-order valence-corrected chi connectivity index (χ1v) is 12.6. The quantitative estimate of drug-likeness (QED) is 0.138. The van der Waals surface area contributed by atoms with Gasteiger partial charge in [0.15, 0.2) is 5.75 Å². The highest BCUT2D eigenvalue weighted by Gasteiger charge is 2.46. The zero-order valence-electron chi connectivity index (χ0n) is 22.0. The van der Waals surface area contributed by atoms with E-state index in [0.29, 0.717) is 18.9 Å². The van der Waals surface area contributed by atoms with Crippen LogP contribution < -0.4 is 9.47 Å². The van der Waals surface area contributed by atoms with E-state index >= 15 is 0 Å². The maximum absolute atomic E-state index is 13.4. The number of nitrogens with zero attached hydrogens (tertiary/aromatic N) is 3. The van der Waals surface area contributed by atoms with Gasteiger partial charge in [-0.05, 0) is 50.7 Å². The Morgan fingerprint density at radius 2 is 1.74 bits per heavy atom. The number of amides is 1. The molecule has 38 heavy (non-hydrogen) atoms. The minimum Gasteiger partial charge on any atom is -0.507 e. The summed E-state index contributed by atoms with van der Waals surface area (Å²) in [5.41, 5.74) is -0.415. The number of aliphatic hydroxyl groups excluding tert-OH is 1. The second-order valence-electron chi connectivity index (χ2n) is 8.55. The largest absolute Gasteiger partial charge is 0.507 e. The molecule has 0 spiro atoms. The van der Waals surface area contributed by atoms with Gasteiger partial charge in [-0.2, -0.15) is 0 Å². The van der Waals surface area contributed by atoms with Crippen molar-refractivity contribution < 1.29 is 34.2 Å². The Balaban J connectivity index is 2.22. The van der Waals surface area contributed by atoms with Gasteiger partial charge in [-0.25, -0.2) is 0 Å². The number of aliphatic hydroxyl groups is 1. The molecule has 1 unspecified atom stereocenters. The van der Waals surface area contributed by atoms with Gasteiger partial charge in [0.25, 0.3) is 11.7 Å². The third kappa shape index (κ3) is 5.72. The molecule has 2 aromatic rings. The Morgan fingerprint density at radius 3 is 2.34 bits per heavy atom. The Morgan fingerprint density at radius 1 is 1.05 bits per heavy atom. The van der Waals surface area contributed by atoms with Gasteiger partial charge in [0, 0.05) is 25.2 Å². The molecule has 1 heterocycles. The number of likely N-dealkylation sites (N-methyl/N-ethyl adjacent to an activating group) is 1. The van der Waals surface area contributed by atoms with Gasteiger partial charge >= 0.3 is 5.69 Å². The molecular weight excluding hydrogens is 494 g/mol. The lowest BCUT2D eigenvalue weighted by Gasteiger charge is -2.28. The van der Waals surface area contributed by atoms with Crippen LogP contribution in [0.4, 0.5) is 5.69 Å². The number of ether oxygens (including phenoxy) is 2. The summed E-state index contributed by atoms with van der Waals surface area (Å²) in [4.78, 5) is 40.7. The van der Waals surface area contributed by atoms with Crippen molar-refractivity contribution in [2.24, 2.45) is 0 Å². The topological polar surface area (TPSA) is 143 Å². The molecule has 1 fully saturated rings. The lowest BCUT2D eigenvalue weighted by atomic mass is 9.94. The molecule has 0 aliphatic carbocycles. The van der Waals surface area contributed by atoms with Crippen LogP contribution in [0.3, 0.4) is 0 Å². The third-order valence-corrected chi connectivity index (χ3v) is 6.42. The van der Waals surface area contributed by atoms with E-state index in [9.17, 15) is 29.9 Å². The molecule has 0 saturated carbocycles. The maximum atomic E-state index is 13.4. The van der Waals surface area contributed by atoms with Gasteiger partial charge in [0.2, 0.25) is 0 Å². The highest BCUT2D eigenvalue weighted by Crippen LogP contribution is 2.43. The summed E-state index contributed by atoms with van der Waals surface area (Å²) < 4.78 is 11.2. The highest BCUT2D eigenvalue weighted by molar-refractivity contribution is 6.46. The fourth-order valence-corrected chi connectivity index (χ4v) is 4.48. The first kappa shape index (κ1) is 28.5. The monoisotopic (exact) mass is 527 g/mol. The normalized spacial score (nSPS) is 16.8. The number of rotatable bonds is 12. The summed E-state index contributed by atoms with van der Waals surface area (Å²) in [7, 11) is 0. The molecule has 0 bridgehead atoms. The molecule has 0 radical (unpaired) electrons. The van der Waals surface area contributed by atoms with Crippen molar-refractivity contribution in [3.05, 3.63) is 63.2 Å². The molecule has 204 valence electrons. The van der Waals surface area contributed by atoms with Crippen LogP contribution in [0.2, 0.25) is 0 Å². The van der Waals surface area contributed by atoms with E-state index in [1.807, 2.05) is 20.8 Å². The minimum atomic E-state index is -1.12. The molecule has 2 aromatic carbocycles. The molecule has 2 N–H and O–H groups in total. The van der Waals surface area contributed by atoms with Gasteiger partial charge in [-0.3, -0.25) is 19.7 Å². The average Bonchev–Trinajstić information content (AvgIpc) is 3.14. The van der Waals surface area contributed by atoms with Gasteiger partial charge in [-0.15, -0.1) is 0 Å². The number of phenolic OH excluding ortho intramolecular Hbond substituents is 1. The fourth-order valence-electron chi connectivity index (χ4n) is 4.48. The summed E-state index contributed by atoms with van der Waals surface area (Å²) >= 11 is 0. The van der Waals surface area contributed by atoms with Crippen LogP contribution in [0.25, 0.3) is 5.76 Å². The van der Waals surface area contributed by atoms with Crippen LogP contribution in [0, 0.1) is 10.1 Å². The van der Waals surface area contributed by atoms with Gasteiger partial charge in [0.05, 0.1) is 35.3 Å². The van der Waals surface area contributed by atoms with E-state index in [4.69, 9.17) is 9.47 Å². The number of aromatic hydroxyl groups is 1. The number of hydrogen-bond donors (Lipinski definition) is 2. The van der Waals surface area contributed by atoms with Crippen molar-refractivity contribution in [2.75, 3.05) is 39.4 Å². The number of ketones is 1. The molecule has 1 amide bonds. The van der Waals surface area contributed by atoms with E-state index in [-0.39, 0.29) is 35.6 Å². The second-order valence-corrected chi connectivity index (χ2v) is 8.55. The fraction of sp³-hybridized carbons (Fsp3) is 0.407.